The molecular weight excluding hydrogens is 388 g/mol. The van der Waals surface area contributed by atoms with Crippen LogP contribution in [0.2, 0.25) is 0 Å². The van der Waals surface area contributed by atoms with Crippen LogP contribution in [-0.4, -0.2) is 37.5 Å². The van der Waals surface area contributed by atoms with Gasteiger partial charge in [0.2, 0.25) is 0 Å². The van der Waals surface area contributed by atoms with Gasteiger partial charge in [0, 0.05) is 16.7 Å². The average molecular weight is 427 g/mol. The van der Waals surface area contributed by atoms with Gasteiger partial charge < -0.3 is 14.2 Å². The summed E-state index contributed by atoms with van der Waals surface area (Å²) in [6, 6.07) is 0. The van der Waals surface area contributed by atoms with Crippen LogP contribution in [0.25, 0.3) is 0 Å². The monoisotopic (exact) mass is 426 g/mol. The molecule has 0 N–H and O–H groups in total. The van der Waals surface area contributed by atoms with Crippen molar-refractivity contribution in [3.63, 3.8) is 0 Å². The van der Waals surface area contributed by atoms with Crippen molar-refractivity contribution in [2.24, 2.45) is 45.8 Å². The van der Waals surface area contributed by atoms with E-state index in [1.807, 2.05) is 6.08 Å². The van der Waals surface area contributed by atoms with Gasteiger partial charge >= 0.3 is 0 Å². The Kier molecular flexibility index (Phi) is 4.35. The lowest BCUT2D eigenvalue weighted by atomic mass is 9.48. The fraction of sp³-hybridized carbons (Fsp3) is 0.815. The molecule has 0 aromatic heterocycles. The molecule has 1 unspecified atom stereocenters. The van der Waals surface area contributed by atoms with Gasteiger partial charge in [-0.3, -0.25) is 4.79 Å². The number of hydrogen-bond donors (Lipinski definition) is 0. The third-order valence-electron chi connectivity index (χ3n) is 10.3. The standard InChI is InChI=1S/C27H38O4/c1-15(24-29-13-25(2,3)14-30-24)18-8-9-19-17-7-6-16-12-21(28)22-23(31-22)27(16,5)20(17)10-11-26(18,19)4/h6-7,12,15,17-20,22-24H,8-11,13-14H2,1-5H3/t15?,17-,18+,19-,20-,22-,23-,26+,27-/m0/s1. The van der Waals surface area contributed by atoms with Gasteiger partial charge in [-0.25, -0.2) is 0 Å². The third-order valence-corrected chi connectivity index (χ3v) is 10.3. The summed E-state index contributed by atoms with van der Waals surface area (Å²) in [4.78, 5) is 12.3. The average Bonchev–Trinajstić information content (AvgIpc) is 3.46. The number of fused-ring (bicyclic) bond motifs is 7. The fourth-order valence-corrected chi connectivity index (χ4v) is 8.47. The van der Waals surface area contributed by atoms with E-state index in [4.69, 9.17) is 14.2 Å². The minimum Gasteiger partial charge on any atom is -0.360 e. The highest BCUT2D eigenvalue weighted by atomic mass is 16.7. The van der Waals surface area contributed by atoms with Gasteiger partial charge in [0.1, 0.15) is 12.2 Å². The number of epoxide rings is 1. The maximum atomic E-state index is 12.3. The van der Waals surface area contributed by atoms with E-state index >= 15 is 0 Å². The van der Waals surface area contributed by atoms with Gasteiger partial charge in [0.05, 0.1) is 13.2 Å². The molecule has 4 fully saturated rings. The molecule has 0 aromatic carbocycles. The van der Waals surface area contributed by atoms with Crippen molar-refractivity contribution < 1.29 is 19.0 Å². The third kappa shape index (κ3) is 2.80. The zero-order valence-electron chi connectivity index (χ0n) is 19.7. The number of hydrogen-bond acceptors (Lipinski definition) is 4. The number of allylic oxidation sites excluding steroid dienone is 2. The molecule has 2 heterocycles. The second-order valence-corrected chi connectivity index (χ2v) is 12.7. The first kappa shape index (κ1) is 20.6. The first-order chi connectivity index (χ1) is 14.6. The number of carbonyl (C=O) groups is 1. The first-order valence-electron chi connectivity index (χ1n) is 12.5. The van der Waals surface area contributed by atoms with Crippen LogP contribution < -0.4 is 0 Å². The first-order valence-corrected chi connectivity index (χ1v) is 12.5. The second-order valence-electron chi connectivity index (χ2n) is 12.7. The van der Waals surface area contributed by atoms with Crippen molar-refractivity contribution in [2.75, 3.05) is 13.2 Å². The topological polar surface area (TPSA) is 48.1 Å². The predicted octanol–water partition coefficient (Wildman–Crippen LogP) is 4.93. The van der Waals surface area contributed by atoms with Crippen molar-refractivity contribution in [3.05, 3.63) is 23.8 Å². The summed E-state index contributed by atoms with van der Waals surface area (Å²) in [5.41, 5.74) is 1.67. The highest BCUT2D eigenvalue weighted by molar-refractivity contribution is 5.98. The summed E-state index contributed by atoms with van der Waals surface area (Å²) in [6.07, 6.45) is 11.5. The highest BCUT2D eigenvalue weighted by Gasteiger charge is 2.67. The maximum absolute atomic E-state index is 12.3. The van der Waals surface area contributed by atoms with Crippen molar-refractivity contribution in [3.8, 4) is 0 Å². The Morgan fingerprint density at radius 2 is 1.77 bits per heavy atom. The molecule has 0 radical (unpaired) electrons. The van der Waals surface area contributed by atoms with Crippen molar-refractivity contribution in [1.29, 1.82) is 0 Å². The van der Waals surface area contributed by atoms with Crippen molar-refractivity contribution >= 4 is 5.78 Å². The molecule has 6 rings (SSSR count). The smallest absolute Gasteiger partial charge is 0.187 e. The van der Waals surface area contributed by atoms with E-state index in [0.29, 0.717) is 35.0 Å². The zero-order chi connectivity index (χ0) is 21.8. The summed E-state index contributed by atoms with van der Waals surface area (Å²) < 4.78 is 18.4. The van der Waals surface area contributed by atoms with Crippen LogP contribution in [0.1, 0.15) is 60.3 Å². The molecule has 0 aromatic rings. The Labute approximate surface area is 186 Å². The van der Waals surface area contributed by atoms with Gasteiger partial charge in [-0.2, -0.15) is 0 Å². The lowest BCUT2D eigenvalue weighted by Crippen LogP contribution is -2.52. The molecule has 4 aliphatic carbocycles. The van der Waals surface area contributed by atoms with E-state index in [9.17, 15) is 4.79 Å². The van der Waals surface area contributed by atoms with E-state index in [1.54, 1.807) is 0 Å². The van der Waals surface area contributed by atoms with Crippen LogP contribution in [0.4, 0.5) is 0 Å². The molecule has 170 valence electrons. The van der Waals surface area contributed by atoms with E-state index < -0.39 is 0 Å². The molecule has 2 saturated heterocycles. The van der Waals surface area contributed by atoms with Gasteiger partial charge in [0.25, 0.3) is 0 Å². The molecule has 2 aliphatic heterocycles. The fourth-order valence-electron chi connectivity index (χ4n) is 8.47. The Balaban J connectivity index is 1.25. The molecule has 0 amide bonds. The number of ether oxygens (including phenoxy) is 3. The molecule has 6 aliphatic rings. The normalized spacial score (nSPS) is 51.3. The summed E-state index contributed by atoms with van der Waals surface area (Å²) in [5.74, 6) is 3.10. The summed E-state index contributed by atoms with van der Waals surface area (Å²) >= 11 is 0. The van der Waals surface area contributed by atoms with Crippen LogP contribution in [-0.2, 0) is 19.0 Å². The summed E-state index contributed by atoms with van der Waals surface area (Å²) in [5, 5.41) is 0. The summed E-state index contributed by atoms with van der Waals surface area (Å²) in [7, 11) is 0. The molecule has 31 heavy (non-hydrogen) atoms. The second kappa shape index (κ2) is 6.55. The van der Waals surface area contributed by atoms with Crippen LogP contribution >= 0.6 is 0 Å². The van der Waals surface area contributed by atoms with Crippen LogP contribution in [0.5, 0.6) is 0 Å². The van der Waals surface area contributed by atoms with E-state index in [0.717, 1.165) is 13.2 Å². The molecule has 2 saturated carbocycles. The van der Waals surface area contributed by atoms with Gasteiger partial charge in [-0.05, 0) is 66.4 Å². The van der Waals surface area contributed by atoms with Gasteiger partial charge in [-0.1, -0.05) is 46.8 Å². The van der Waals surface area contributed by atoms with E-state index in [1.165, 1.54) is 31.3 Å². The highest BCUT2D eigenvalue weighted by Crippen LogP contribution is 2.68. The molecular formula is C27H38O4. The van der Waals surface area contributed by atoms with Crippen molar-refractivity contribution in [2.45, 2.75) is 78.8 Å². The lowest BCUT2D eigenvalue weighted by Gasteiger charge is -2.56. The Morgan fingerprint density at radius 3 is 2.52 bits per heavy atom. The van der Waals surface area contributed by atoms with Crippen LogP contribution in [0.15, 0.2) is 23.8 Å². The lowest BCUT2D eigenvalue weighted by molar-refractivity contribution is -0.252. The van der Waals surface area contributed by atoms with Gasteiger partial charge in [-0.15, -0.1) is 0 Å². The Bertz CT molecular complexity index is 847. The number of carbonyl (C=O) groups excluding carboxylic acids is 1. The van der Waals surface area contributed by atoms with Crippen molar-refractivity contribution in [1.82, 2.24) is 0 Å². The quantitative estimate of drug-likeness (QED) is 0.587. The molecule has 0 spiro atoms. The SMILES string of the molecule is CC(C1OCC(C)(C)CO1)[C@H]1CC[C@H]2[C@@H]3C=CC4=CC(=O)[C@@H]5O[C@@H]5[C@]4(C)[C@H]3CC[C@]12C. The largest absolute Gasteiger partial charge is 0.360 e. The molecule has 0 bridgehead atoms. The minimum atomic E-state index is -0.171. The van der Waals surface area contributed by atoms with Gasteiger partial charge in [0.15, 0.2) is 12.1 Å². The maximum Gasteiger partial charge on any atom is 0.187 e. The Hall–Kier alpha value is -0.970. The molecule has 4 nitrogen and oxygen atoms in total. The number of ketones is 1. The van der Waals surface area contributed by atoms with Crippen LogP contribution in [0.3, 0.4) is 0 Å². The predicted molar refractivity (Wildman–Crippen MR) is 118 cm³/mol. The minimum absolute atomic E-state index is 0.00417. The van der Waals surface area contributed by atoms with E-state index in [-0.39, 0.29) is 35.1 Å². The number of rotatable bonds is 2. The summed E-state index contributed by atoms with van der Waals surface area (Å²) in [6.45, 7) is 13.3. The molecule has 9 atom stereocenters. The van der Waals surface area contributed by atoms with E-state index in [2.05, 4.69) is 46.8 Å². The van der Waals surface area contributed by atoms with Crippen LogP contribution in [0, 0.1) is 45.8 Å². The Morgan fingerprint density at radius 1 is 1.03 bits per heavy atom. The molecule has 4 heteroatoms. The zero-order valence-corrected chi connectivity index (χ0v) is 19.7.